The van der Waals surface area contributed by atoms with E-state index in [1.165, 1.54) is 6.92 Å². The summed E-state index contributed by atoms with van der Waals surface area (Å²) in [6.45, 7) is 3.63. The van der Waals surface area contributed by atoms with Gasteiger partial charge >= 0.3 is 11.5 Å². The van der Waals surface area contributed by atoms with Gasteiger partial charge < -0.3 is 4.74 Å². The average molecular weight is 246 g/mol. The number of ether oxygens (including phenoxy) is 1. The monoisotopic (exact) mass is 246 g/mol. The van der Waals surface area contributed by atoms with E-state index in [1.807, 2.05) is 0 Å². The predicted molar refractivity (Wildman–Crippen MR) is 45.6 cm³/mol. The van der Waals surface area contributed by atoms with Gasteiger partial charge in [-0.1, -0.05) is 6.58 Å². The van der Waals surface area contributed by atoms with Crippen molar-refractivity contribution in [1.82, 2.24) is 0 Å². The van der Waals surface area contributed by atoms with Crippen LogP contribution >= 0.6 is 0 Å². The molecular formula is C7H9F3O4S. The van der Waals surface area contributed by atoms with Crippen LogP contribution in [0.4, 0.5) is 13.2 Å². The Hall–Kier alpha value is -1.05. The molecule has 4 nitrogen and oxygen atoms in total. The summed E-state index contributed by atoms with van der Waals surface area (Å²) in [5, 5.41) is 0. The fraction of sp³-hybridized carbons (Fsp3) is 0.571. The zero-order valence-corrected chi connectivity index (χ0v) is 8.61. The molecule has 0 amide bonds. The third-order valence-corrected chi connectivity index (χ3v) is 2.70. The average Bonchev–Trinajstić information content (AvgIpc) is 2.01. The van der Waals surface area contributed by atoms with Crippen LogP contribution in [-0.4, -0.2) is 32.3 Å². The molecule has 0 fully saturated rings. The number of carbonyl (C=O) groups excluding carboxylic acids is 1. The van der Waals surface area contributed by atoms with Gasteiger partial charge in [0.1, 0.15) is 6.61 Å². The highest BCUT2D eigenvalue weighted by molar-refractivity contribution is 7.92. The lowest BCUT2D eigenvalue weighted by molar-refractivity contribution is -0.138. The molecule has 0 aliphatic rings. The number of rotatable bonds is 4. The van der Waals surface area contributed by atoms with Gasteiger partial charge in [-0.3, -0.25) is 0 Å². The summed E-state index contributed by atoms with van der Waals surface area (Å²) in [5.74, 6) is -2.21. The van der Waals surface area contributed by atoms with Gasteiger partial charge in [-0.25, -0.2) is 13.2 Å². The van der Waals surface area contributed by atoms with Crippen LogP contribution in [0.25, 0.3) is 0 Å². The summed E-state index contributed by atoms with van der Waals surface area (Å²) in [6, 6.07) is 0. The zero-order chi connectivity index (χ0) is 12.3. The molecule has 0 rings (SSSR count). The first-order valence-corrected chi connectivity index (χ1v) is 5.35. The molecule has 0 aromatic heterocycles. The molecule has 0 aliphatic heterocycles. The van der Waals surface area contributed by atoms with E-state index in [0.717, 1.165) is 0 Å². The summed E-state index contributed by atoms with van der Waals surface area (Å²) >= 11 is 0. The van der Waals surface area contributed by atoms with Gasteiger partial charge in [0, 0.05) is 5.57 Å². The molecule has 0 spiro atoms. The van der Waals surface area contributed by atoms with Crippen molar-refractivity contribution in [3.8, 4) is 0 Å². The van der Waals surface area contributed by atoms with Crippen LogP contribution in [0, 0.1) is 0 Å². The molecule has 0 unspecified atom stereocenters. The number of esters is 1. The highest BCUT2D eigenvalue weighted by atomic mass is 32.2. The third-order valence-electron chi connectivity index (χ3n) is 1.29. The second-order valence-electron chi connectivity index (χ2n) is 2.68. The molecule has 15 heavy (non-hydrogen) atoms. The number of hydrogen-bond donors (Lipinski definition) is 0. The van der Waals surface area contributed by atoms with Crippen LogP contribution < -0.4 is 0 Å². The fourth-order valence-corrected chi connectivity index (χ4v) is 1.02. The minimum Gasteiger partial charge on any atom is -0.461 e. The maximum absolute atomic E-state index is 11.8. The number of hydrogen-bond acceptors (Lipinski definition) is 4. The minimum absolute atomic E-state index is 0.0144. The Kier molecular flexibility index (Phi) is 4.32. The quantitative estimate of drug-likeness (QED) is 0.549. The Bertz CT molecular complexity index is 355. The Morgan fingerprint density at radius 1 is 1.40 bits per heavy atom. The molecule has 0 saturated carbocycles. The smallest absolute Gasteiger partial charge is 0.461 e. The van der Waals surface area contributed by atoms with Gasteiger partial charge in [0.05, 0.1) is 5.75 Å². The molecule has 0 saturated heterocycles. The van der Waals surface area contributed by atoms with Gasteiger partial charge in [-0.2, -0.15) is 13.2 Å². The Balaban J connectivity index is 4.20. The normalized spacial score (nSPS) is 12.3. The second-order valence-corrected chi connectivity index (χ2v) is 4.78. The van der Waals surface area contributed by atoms with Gasteiger partial charge in [0.2, 0.25) is 0 Å². The maximum Gasteiger partial charge on any atom is 0.497 e. The third kappa shape index (κ3) is 4.32. The maximum atomic E-state index is 11.8. The van der Waals surface area contributed by atoms with E-state index in [1.54, 1.807) is 0 Å². The summed E-state index contributed by atoms with van der Waals surface area (Å²) in [5.41, 5.74) is -5.33. The van der Waals surface area contributed by atoms with Gasteiger partial charge in [-0.15, -0.1) is 0 Å². The predicted octanol–water partition coefficient (Wildman–Crippen LogP) is 1.04. The Labute approximate surface area is 84.6 Å². The SMILES string of the molecule is C=C(C)C(=O)OCCS(=O)(=O)C(F)(F)F. The summed E-state index contributed by atoms with van der Waals surface area (Å²) < 4.78 is 60.5. The van der Waals surface area contributed by atoms with Crippen LogP contribution in [-0.2, 0) is 19.4 Å². The first-order valence-electron chi connectivity index (χ1n) is 3.69. The van der Waals surface area contributed by atoms with E-state index in [2.05, 4.69) is 11.3 Å². The van der Waals surface area contributed by atoms with Gasteiger partial charge in [0.15, 0.2) is 0 Å². The van der Waals surface area contributed by atoms with E-state index >= 15 is 0 Å². The highest BCUT2D eigenvalue weighted by Crippen LogP contribution is 2.23. The largest absolute Gasteiger partial charge is 0.497 e. The van der Waals surface area contributed by atoms with Crippen molar-refractivity contribution in [2.45, 2.75) is 12.4 Å². The van der Waals surface area contributed by atoms with E-state index in [4.69, 9.17) is 0 Å². The number of sulfone groups is 1. The molecular weight excluding hydrogens is 237 g/mol. The molecule has 0 atom stereocenters. The van der Waals surface area contributed by atoms with Crippen molar-refractivity contribution >= 4 is 15.8 Å². The highest BCUT2D eigenvalue weighted by Gasteiger charge is 2.45. The standard InChI is InChI=1S/C7H9F3O4S/c1-5(2)6(11)14-3-4-15(12,13)7(8,9)10/h1,3-4H2,2H3. The molecule has 0 radical (unpaired) electrons. The van der Waals surface area contributed by atoms with Crippen molar-refractivity contribution in [3.63, 3.8) is 0 Å². The van der Waals surface area contributed by atoms with Gasteiger partial charge in [0.25, 0.3) is 9.84 Å². The van der Waals surface area contributed by atoms with Crippen molar-refractivity contribution in [2.75, 3.05) is 12.4 Å². The Morgan fingerprint density at radius 2 is 1.87 bits per heavy atom. The Morgan fingerprint density at radius 3 is 2.20 bits per heavy atom. The first kappa shape index (κ1) is 13.9. The van der Waals surface area contributed by atoms with Crippen LogP contribution in [0.3, 0.4) is 0 Å². The minimum atomic E-state index is -5.32. The molecule has 0 heterocycles. The van der Waals surface area contributed by atoms with Crippen molar-refractivity contribution in [1.29, 1.82) is 0 Å². The first-order chi connectivity index (χ1) is 6.58. The van der Waals surface area contributed by atoms with Crippen molar-refractivity contribution < 1.29 is 31.1 Å². The fourth-order valence-electron chi connectivity index (χ4n) is 0.483. The zero-order valence-electron chi connectivity index (χ0n) is 7.80. The lowest BCUT2D eigenvalue weighted by Crippen LogP contribution is -2.28. The molecule has 0 N–H and O–H groups in total. The lowest BCUT2D eigenvalue weighted by atomic mass is 10.4. The van der Waals surface area contributed by atoms with Crippen molar-refractivity contribution in [2.24, 2.45) is 0 Å². The summed E-state index contributed by atoms with van der Waals surface area (Å²) in [6.07, 6.45) is 0. The van der Waals surface area contributed by atoms with Crippen LogP contribution in [0.5, 0.6) is 0 Å². The number of alkyl halides is 3. The molecule has 88 valence electrons. The molecule has 0 aromatic carbocycles. The number of carbonyl (C=O) groups is 1. The molecule has 0 aliphatic carbocycles. The second kappa shape index (κ2) is 4.65. The van der Waals surface area contributed by atoms with Crippen LogP contribution in [0.15, 0.2) is 12.2 Å². The van der Waals surface area contributed by atoms with E-state index < -0.39 is 33.7 Å². The summed E-state index contributed by atoms with van der Waals surface area (Å²) in [7, 11) is -5.23. The van der Waals surface area contributed by atoms with Crippen molar-refractivity contribution in [3.05, 3.63) is 12.2 Å². The van der Waals surface area contributed by atoms with E-state index in [9.17, 15) is 26.4 Å². The van der Waals surface area contributed by atoms with E-state index in [-0.39, 0.29) is 5.57 Å². The topological polar surface area (TPSA) is 60.4 Å². The lowest BCUT2D eigenvalue weighted by Gasteiger charge is -2.08. The number of halogens is 3. The van der Waals surface area contributed by atoms with Gasteiger partial charge in [-0.05, 0) is 6.92 Å². The van der Waals surface area contributed by atoms with Crippen LogP contribution in [0.1, 0.15) is 6.92 Å². The van der Waals surface area contributed by atoms with Crippen LogP contribution in [0.2, 0.25) is 0 Å². The van der Waals surface area contributed by atoms with E-state index in [0.29, 0.717) is 0 Å². The summed E-state index contributed by atoms with van der Waals surface area (Å²) in [4.78, 5) is 10.7. The molecule has 0 aromatic rings. The molecule has 0 bridgehead atoms. The molecule has 8 heteroatoms.